The van der Waals surface area contributed by atoms with Crippen LogP contribution in [-0.4, -0.2) is 55.6 Å². The normalized spacial score (nSPS) is 22.1. The topological polar surface area (TPSA) is 127 Å². The summed E-state index contributed by atoms with van der Waals surface area (Å²) in [5.41, 5.74) is 4.29. The molecule has 0 radical (unpaired) electrons. The number of aromatic nitrogens is 1. The van der Waals surface area contributed by atoms with Gasteiger partial charge in [0.05, 0.1) is 31.0 Å². The number of carbonyl (C=O) groups excluding carboxylic acids is 2. The minimum atomic E-state index is -3.60. The second kappa shape index (κ2) is 13.2. The van der Waals surface area contributed by atoms with E-state index in [1.807, 2.05) is 6.07 Å². The van der Waals surface area contributed by atoms with Crippen molar-refractivity contribution in [3.8, 4) is 5.75 Å². The Morgan fingerprint density at radius 3 is 2.58 bits per heavy atom. The Morgan fingerprint density at radius 1 is 1.09 bits per heavy atom. The first kappa shape index (κ1) is 31.2. The van der Waals surface area contributed by atoms with Gasteiger partial charge in [0.15, 0.2) is 0 Å². The van der Waals surface area contributed by atoms with Gasteiger partial charge in [0.1, 0.15) is 12.4 Å². The van der Waals surface area contributed by atoms with Gasteiger partial charge in [-0.15, -0.1) is 0 Å². The van der Waals surface area contributed by atoms with Crippen LogP contribution in [0.15, 0.2) is 60.8 Å². The molecule has 43 heavy (non-hydrogen) atoms. The number of methoxy groups -OCH3 is 1. The van der Waals surface area contributed by atoms with Gasteiger partial charge in [-0.3, -0.25) is 19.4 Å². The maximum atomic E-state index is 14.5. The van der Waals surface area contributed by atoms with Crippen LogP contribution in [0.1, 0.15) is 64.8 Å². The van der Waals surface area contributed by atoms with E-state index in [4.69, 9.17) is 32.8 Å². The van der Waals surface area contributed by atoms with Crippen molar-refractivity contribution < 1.29 is 27.6 Å². The molecule has 10 nitrogen and oxygen atoms in total. The summed E-state index contributed by atoms with van der Waals surface area (Å²) in [6.07, 6.45) is 5.32. The van der Waals surface area contributed by atoms with Crippen molar-refractivity contribution in [2.24, 2.45) is 0 Å². The first-order valence-corrected chi connectivity index (χ1v) is 16.5. The molecule has 3 aromatic rings. The zero-order valence-electron chi connectivity index (χ0n) is 23.6. The van der Waals surface area contributed by atoms with Crippen molar-refractivity contribution >= 4 is 45.0 Å². The van der Waals surface area contributed by atoms with Gasteiger partial charge in [0.2, 0.25) is 10.0 Å². The summed E-state index contributed by atoms with van der Waals surface area (Å²) in [6.45, 7) is 0.00999. The fourth-order valence-corrected chi connectivity index (χ4v) is 7.45. The minimum Gasteiger partial charge on any atom is -0.496 e. The third-order valence-electron chi connectivity index (χ3n) is 7.81. The summed E-state index contributed by atoms with van der Waals surface area (Å²) < 4.78 is 33.2. The number of halogens is 2. The summed E-state index contributed by atoms with van der Waals surface area (Å²) in [4.78, 5) is 40.1. The molecule has 13 heteroatoms. The highest BCUT2D eigenvalue weighted by Gasteiger charge is 2.50. The molecule has 4 atom stereocenters. The zero-order valence-corrected chi connectivity index (χ0v) is 26.0. The maximum Gasteiger partial charge on any atom is 0.255 e. The van der Waals surface area contributed by atoms with Crippen molar-refractivity contribution in [3.05, 3.63) is 93.2 Å². The van der Waals surface area contributed by atoms with Crippen LogP contribution in [0.4, 0.5) is 0 Å². The van der Waals surface area contributed by atoms with Crippen LogP contribution in [0.2, 0.25) is 10.0 Å². The quantitative estimate of drug-likeness (QED) is 0.320. The standard InChI is InChI=1S/C30H32Cl2N4O6S/c1-41-25-12-7-9-21-26(25)27(29(37)34-42-17-19-8-5-6-15-33-19)28(20-14-13-18(31)16-22(20)32)36(30(21)38)24-11-4-3-10-23(24)35-43(2,39)40/h5-9,12-16,23-24,27-28,35H,3-4,10-11,17H2,1-2H3,(H,34,37)/t23-,24-,27+,28-/m0/s1. The molecule has 2 amide bonds. The fourth-order valence-electron chi connectivity index (χ4n) is 6.10. The summed E-state index contributed by atoms with van der Waals surface area (Å²) in [5.74, 6) is -1.61. The van der Waals surface area contributed by atoms with Crippen LogP contribution < -0.4 is 14.9 Å². The lowest BCUT2D eigenvalue weighted by atomic mass is 9.76. The summed E-state index contributed by atoms with van der Waals surface area (Å²) in [7, 11) is -2.14. The van der Waals surface area contributed by atoms with Crippen LogP contribution in [-0.2, 0) is 26.3 Å². The van der Waals surface area contributed by atoms with Gasteiger partial charge in [0.25, 0.3) is 11.8 Å². The molecule has 2 heterocycles. The Hall–Kier alpha value is -3.22. The predicted molar refractivity (Wildman–Crippen MR) is 162 cm³/mol. The lowest BCUT2D eigenvalue weighted by Gasteiger charge is -2.49. The summed E-state index contributed by atoms with van der Waals surface area (Å²) >= 11 is 13.0. The van der Waals surface area contributed by atoms with E-state index < -0.39 is 40.0 Å². The first-order valence-electron chi connectivity index (χ1n) is 13.8. The molecule has 0 bridgehead atoms. The number of hydrogen-bond acceptors (Lipinski definition) is 7. The number of pyridine rings is 1. The third kappa shape index (κ3) is 6.81. The number of carbonyl (C=O) groups is 2. The van der Waals surface area contributed by atoms with Gasteiger partial charge >= 0.3 is 0 Å². The molecular weight excluding hydrogens is 615 g/mol. The highest BCUT2D eigenvalue weighted by atomic mass is 35.5. The van der Waals surface area contributed by atoms with Crippen LogP contribution in [0.25, 0.3) is 0 Å². The maximum absolute atomic E-state index is 14.5. The highest BCUT2D eigenvalue weighted by molar-refractivity contribution is 7.88. The number of nitrogens with zero attached hydrogens (tertiary/aromatic N) is 2. The average Bonchev–Trinajstić information content (AvgIpc) is 2.97. The number of rotatable bonds is 9. The monoisotopic (exact) mass is 646 g/mol. The summed E-state index contributed by atoms with van der Waals surface area (Å²) in [5, 5.41) is 0.638. The molecule has 2 N–H and O–H groups in total. The van der Waals surface area contributed by atoms with Crippen molar-refractivity contribution in [1.82, 2.24) is 20.1 Å². The number of sulfonamides is 1. The Morgan fingerprint density at radius 2 is 1.88 bits per heavy atom. The molecule has 1 aliphatic heterocycles. The Balaban J connectivity index is 1.65. The largest absolute Gasteiger partial charge is 0.496 e. The smallest absolute Gasteiger partial charge is 0.255 e. The Kier molecular flexibility index (Phi) is 9.57. The van der Waals surface area contributed by atoms with E-state index in [-0.39, 0.29) is 23.1 Å². The van der Waals surface area contributed by atoms with Crippen LogP contribution >= 0.6 is 23.2 Å². The molecule has 1 aromatic heterocycles. The third-order valence-corrected chi connectivity index (χ3v) is 9.11. The van der Waals surface area contributed by atoms with Crippen LogP contribution in [0.5, 0.6) is 5.75 Å². The SMILES string of the molecule is COc1cccc2c1[C@@H](C(=O)NOCc1ccccn1)[C@H](c1ccc(Cl)cc1Cl)N([C@H]1CCCC[C@@H]1NS(C)(=O)=O)C2=O. The predicted octanol–water partition coefficient (Wildman–Crippen LogP) is 4.79. The van der Waals surface area contributed by atoms with Gasteiger partial charge in [-0.05, 0) is 54.8 Å². The number of ether oxygens (including phenoxy) is 1. The number of hydroxylamine groups is 1. The number of hydrogen-bond donors (Lipinski definition) is 2. The van der Waals surface area contributed by atoms with E-state index in [1.54, 1.807) is 59.6 Å². The number of nitrogens with one attached hydrogen (secondary N) is 2. The Labute approximate surface area is 260 Å². The lowest BCUT2D eigenvalue weighted by molar-refractivity contribution is -0.138. The van der Waals surface area contributed by atoms with Crippen molar-refractivity contribution in [3.63, 3.8) is 0 Å². The van der Waals surface area contributed by atoms with Gasteiger partial charge in [-0.25, -0.2) is 18.6 Å². The molecule has 0 unspecified atom stereocenters. The molecule has 228 valence electrons. The van der Waals surface area contributed by atoms with E-state index >= 15 is 0 Å². The molecular formula is C30H32Cl2N4O6S. The summed E-state index contributed by atoms with van der Waals surface area (Å²) in [6, 6.07) is 13.1. The fraction of sp³-hybridized carbons (Fsp3) is 0.367. The van der Waals surface area contributed by atoms with Gasteiger partial charge in [-0.2, -0.15) is 0 Å². The molecule has 0 saturated heterocycles. The second-order valence-corrected chi connectivity index (χ2v) is 13.3. The van der Waals surface area contributed by atoms with E-state index in [9.17, 15) is 18.0 Å². The molecule has 2 aliphatic rings. The van der Waals surface area contributed by atoms with Crippen molar-refractivity contribution in [1.29, 1.82) is 0 Å². The van der Waals surface area contributed by atoms with Gasteiger partial charge in [-0.1, -0.05) is 54.2 Å². The first-order chi connectivity index (χ1) is 20.6. The number of amides is 2. The van der Waals surface area contributed by atoms with Crippen LogP contribution in [0, 0.1) is 0 Å². The number of fused-ring (bicyclic) bond motifs is 1. The average molecular weight is 648 g/mol. The zero-order chi connectivity index (χ0) is 30.7. The van der Waals surface area contributed by atoms with E-state index in [0.717, 1.165) is 19.1 Å². The number of benzene rings is 2. The second-order valence-electron chi connectivity index (χ2n) is 10.6. The van der Waals surface area contributed by atoms with Gasteiger partial charge in [0, 0.05) is 39.5 Å². The van der Waals surface area contributed by atoms with Crippen LogP contribution in [0.3, 0.4) is 0 Å². The lowest BCUT2D eigenvalue weighted by Crippen LogP contribution is -2.59. The molecule has 1 saturated carbocycles. The molecule has 2 aromatic carbocycles. The molecule has 5 rings (SSSR count). The minimum absolute atomic E-state index is 0.00999. The molecule has 1 fully saturated rings. The van der Waals surface area contributed by atoms with E-state index in [2.05, 4.69) is 15.2 Å². The van der Waals surface area contributed by atoms with E-state index in [0.29, 0.717) is 40.4 Å². The van der Waals surface area contributed by atoms with E-state index in [1.165, 1.54) is 7.11 Å². The molecule has 0 spiro atoms. The van der Waals surface area contributed by atoms with Gasteiger partial charge < -0.3 is 9.64 Å². The van der Waals surface area contributed by atoms with Crippen molar-refractivity contribution in [2.45, 2.75) is 56.3 Å². The van der Waals surface area contributed by atoms with Crippen molar-refractivity contribution in [2.75, 3.05) is 13.4 Å². The molecule has 1 aliphatic carbocycles. The Bertz CT molecular complexity index is 1610. The highest BCUT2D eigenvalue weighted by Crippen LogP contribution is 2.50.